The molecule has 8 heteroatoms. The lowest BCUT2D eigenvalue weighted by atomic mass is 10.2. The van der Waals surface area contributed by atoms with Crippen molar-refractivity contribution in [3.8, 4) is 0 Å². The van der Waals surface area contributed by atoms with E-state index >= 15 is 0 Å². The van der Waals surface area contributed by atoms with Crippen LogP contribution in [0.2, 0.25) is 0 Å². The topological polar surface area (TPSA) is 72.2 Å². The number of halogens is 3. The number of alkyl halides is 3. The number of pyridine rings is 2. The second kappa shape index (κ2) is 5.39. The number of carbonyl (C=O) groups is 1. The minimum Gasteiger partial charge on any atom is -0.477 e. The molecule has 0 bridgehead atoms. The van der Waals surface area contributed by atoms with Gasteiger partial charge < -0.3 is 5.11 Å². The number of carboxylic acids is 1. The molecular weight excluding hydrogens is 289 g/mol. The first-order valence-electron chi connectivity index (χ1n) is 5.75. The molecule has 2 aromatic rings. The zero-order valence-corrected chi connectivity index (χ0v) is 10.5. The van der Waals surface area contributed by atoms with Crippen LogP contribution >= 0.6 is 0 Å². The molecule has 2 heterocycles. The molecule has 0 saturated carbocycles. The lowest BCUT2D eigenvalue weighted by molar-refractivity contribution is -0.144. The normalized spacial score (nSPS) is 11.4. The first-order valence-corrected chi connectivity index (χ1v) is 5.75. The lowest BCUT2D eigenvalue weighted by Crippen LogP contribution is -2.28. The number of rotatable bonds is 3. The smallest absolute Gasteiger partial charge is 0.431 e. The van der Waals surface area contributed by atoms with Crippen molar-refractivity contribution in [2.75, 3.05) is 0 Å². The van der Waals surface area contributed by atoms with Crippen LogP contribution in [0.5, 0.6) is 0 Å². The van der Waals surface area contributed by atoms with Gasteiger partial charge >= 0.3 is 12.1 Å². The second-order valence-electron chi connectivity index (χ2n) is 4.15. The van der Waals surface area contributed by atoms with E-state index in [0.717, 1.165) is 18.2 Å². The highest BCUT2D eigenvalue weighted by atomic mass is 19.4. The predicted octanol–water partition coefficient (Wildman–Crippen LogP) is 2.01. The van der Waals surface area contributed by atoms with Gasteiger partial charge in [-0.3, -0.25) is 9.36 Å². The summed E-state index contributed by atoms with van der Waals surface area (Å²) in [4.78, 5) is 26.3. The van der Waals surface area contributed by atoms with E-state index in [9.17, 15) is 22.8 Å². The van der Waals surface area contributed by atoms with Gasteiger partial charge in [0.1, 0.15) is 5.69 Å². The molecule has 0 aliphatic rings. The molecule has 2 aromatic heterocycles. The van der Waals surface area contributed by atoms with Crippen LogP contribution in [0.15, 0.2) is 41.3 Å². The van der Waals surface area contributed by atoms with Gasteiger partial charge in [-0.05, 0) is 12.1 Å². The van der Waals surface area contributed by atoms with Crippen molar-refractivity contribution in [3.05, 3.63) is 63.8 Å². The van der Waals surface area contributed by atoms with Crippen LogP contribution < -0.4 is 5.56 Å². The number of aromatic carboxylic acids is 1. The number of nitrogens with zero attached hydrogens (tertiary/aromatic N) is 2. The molecule has 0 amide bonds. The Morgan fingerprint density at radius 3 is 2.57 bits per heavy atom. The van der Waals surface area contributed by atoms with E-state index in [2.05, 4.69) is 4.98 Å². The lowest BCUT2D eigenvalue weighted by Gasteiger charge is -2.15. The van der Waals surface area contributed by atoms with Gasteiger partial charge in [0.05, 0.1) is 6.54 Å². The minimum atomic E-state index is -4.72. The fourth-order valence-electron chi connectivity index (χ4n) is 1.86. The standard InChI is InChI=1S/C13H9F3N2O3/c14-13(15,16)9-4-1-5-10(19)18(9)7-8-3-2-6-17-11(8)12(20)21/h1-6H,7H2,(H,20,21). The highest BCUT2D eigenvalue weighted by Gasteiger charge is 2.34. The molecule has 0 saturated heterocycles. The zero-order chi connectivity index (χ0) is 15.6. The van der Waals surface area contributed by atoms with Crippen molar-refractivity contribution in [1.82, 2.24) is 9.55 Å². The Kier molecular flexibility index (Phi) is 3.79. The molecule has 0 fully saturated rings. The fourth-order valence-corrected chi connectivity index (χ4v) is 1.86. The molecule has 2 rings (SSSR count). The van der Waals surface area contributed by atoms with Gasteiger partial charge in [0.2, 0.25) is 0 Å². The van der Waals surface area contributed by atoms with Gasteiger partial charge in [0.25, 0.3) is 5.56 Å². The molecule has 1 N–H and O–H groups in total. The second-order valence-corrected chi connectivity index (χ2v) is 4.15. The van der Waals surface area contributed by atoms with E-state index < -0.39 is 29.9 Å². The molecule has 110 valence electrons. The molecule has 0 aliphatic heterocycles. The average molecular weight is 298 g/mol. The summed E-state index contributed by atoms with van der Waals surface area (Å²) in [6, 6.07) is 5.45. The Morgan fingerprint density at radius 2 is 1.95 bits per heavy atom. The van der Waals surface area contributed by atoms with Crippen molar-refractivity contribution in [2.24, 2.45) is 0 Å². The maximum absolute atomic E-state index is 12.9. The monoisotopic (exact) mass is 298 g/mol. The summed E-state index contributed by atoms with van der Waals surface area (Å²) in [5, 5.41) is 8.97. The summed E-state index contributed by atoms with van der Waals surface area (Å²) in [7, 11) is 0. The first kappa shape index (κ1) is 14.8. The van der Waals surface area contributed by atoms with Gasteiger partial charge in [-0.2, -0.15) is 13.2 Å². The minimum absolute atomic E-state index is 0.0174. The van der Waals surface area contributed by atoms with E-state index in [1.165, 1.54) is 18.3 Å². The van der Waals surface area contributed by atoms with Crippen LogP contribution in [-0.2, 0) is 12.7 Å². The summed E-state index contributed by atoms with van der Waals surface area (Å²) in [6.45, 7) is -0.524. The van der Waals surface area contributed by atoms with Crippen LogP contribution in [0.3, 0.4) is 0 Å². The first-order chi connectivity index (χ1) is 9.80. The molecular formula is C13H9F3N2O3. The summed E-state index contributed by atoms with van der Waals surface area (Å²) >= 11 is 0. The molecule has 0 atom stereocenters. The maximum atomic E-state index is 12.9. The average Bonchev–Trinajstić information content (AvgIpc) is 2.40. The van der Waals surface area contributed by atoms with Crippen molar-refractivity contribution in [3.63, 3.8) is 0 Å². The molecule has 0 aromatic carbocycles. The summed E-state index contributed by atoms with van der Waals surface area (Å²) < 4.78 is 39.2. The van der Waals surface area contributed by atoms with E-state index in [4.69, 9.17) is 5.11 Å². The Bertz CT molecular complexity index is 738. The number of carboxylic acid groups (broad SMARTS) is 1. The van der Waals surface area contributed by atoms with Gasteiger partial charge in [0.15, 0.2) is 5.69 Å². The molecule has 0 unspecified atom stereocenters. The number of hydrogen-bond acceptors (Lipinski definition) is 3. The quantitative estimate of drug-likeness (QED) is 0.941. The maximum Gasteiger partial charge on any atom is 0.431 e. The van der Waals surface area contributed by atoms with Crippen LogP contribution in [0, 0.1) is 0 Å². The summed E-state index contributed by atoms with van der Waals surface area (Å²) in [6.07, 6.45) is -3.50. The van der Waals surface area contributed by atoms with E-state index in [-0.39, 0.29) is 11.3 Å². The van der Waals surface area contributed by atoms with Gasteiger partial charge in [0, 0.05) is 17.8 Å². The zero-order valence-electron chi connectivity index (χ0n) is 10.5. The van der Waals surface area contributed by atoms with Crippen LogP contribution in [0.25, 0.3) is 0 Å². The van der Waals surface area contributed by atoms with E-state index in [0.29, 0.717) is 4.57 Å². The summed E-state index contributed by atoms with van der Waals surface area (Å²) in [5.41, 5.74) is -2.38. The third kappa shape index (κ3) is 3.10. The predicted molar refractivity (Wildman–Crippen MR) is 66.0 cm³/mol. The third-order valence-corrected chi connectivity index (χ3v) is 2.76. The molecule has 0 spiro atoms. The van der Waals surface area contributed by atoms with Gasteiger partial charge in [-0.25, -0.2) is 9.78 Å². The molecule has 21 heavy (non-hydrogen) atoms. The third-order valence-electron chi connectivity index (χ3n) is 2.76. The van der Waals surface area contributed by atoms with Crippen LogP contribution in [0.4, 0.5) is 13.2 Å². The number of aromatic nitrogens is 2. The Morgan fingerprint density at radius 1 is 1.24 bits per heavy atom. The SMILES string of the molecule is O=C(O)c1ncccc1Cn1c(C(F)(F)F)cccc1=O. The van der Waals surface area contributed by atoms with Crippen molar-refractivity contribution < 1.29 is 23.1 Å². The van der Waals surface area contributed by atoms with Gasteiger partial charge in [-0.15, -0.1) is 0 Å². The van der Waals surface area contributed by atoms with Crippen molar-refractivity contribution in [1.29, 1.82) is 0 Å². The highest BCUT2D eigenvalue weighted by Crippen LogP contribution is 2.28. The number of hydrogen-bond donors (Lipinski definition) is 1. The Labute approximate surface area is 116 Å². The Balaban J connectivity index is 2.56. The van der Waals surface area contributed by atoms with Gasteiger partial charge in [-0.1, -0.05) is 12.1 Å². The van der Waals surface area contributed by atoms with Crippen LogP contribution in [-0.4, -0.2) is 20.6 Å². The van der Waals surface area contributed by atoms with Crippen molar-refractivity contribution >= 4 is 5.97 Å². The van der Waals surface area contributed by atoms with Crippen LogP contribution in [0.1, 0.15) is 21.7 Å². The molecule has 5 nitrogen and oxygen atoms in total. The van der Waals surface area contributed by atoms with E-state index in [1.807, 2.05) is 0 Å². The fraction of sp³-hybridized carbons (Fsp3) is 0.154. The Hall–Kier alpha value is -2.64. The molecule has 0 radical (unpaired) electrons. The highest BCUT2D eigenvalue weighted by molar-refractivity contribution is 5.86. The van der Waals surface area contributed by atoms with Crippen molar-refractivity contribution in [2.45, 2.75) is 12.7 Å². The van der Waals surface area contributed by atoms with E-state index in [1.54, 1.807) is 0 Å². The largest absolute Gasteiger partial charge is 0.477 e. The molecule has 0 aliphatic carbocycles. The summed E-state index contributed by atoms with van der Waals surface area (Å²) in [5.74, 6) is -1.37.